The van der Waals surface area contributed by atoms with Crippen LogP contribution in [0.1, 0.15) is 35.4 Å². The van der Waals surface area contributed by atoms with Crippen LogP contribution in [0, 0.1) is 0 Å². The van der Waals surface area contributed by atoms with Crippen LogP contribution in [0.4, 0.5) is 32.0 Å². The second kappa shape index (κ2) is 7.33. The van der Waals surface area contributed by atoms with E-state index in [1.807, 2.05) is 0 Å². The molecule has 3 heterocycles. The van der Waals surface area contributed by atoms with Gasteiger partial charge in [-0.15, -0.1) is 11.8 Å². The fourth-order valence-corrected chi connectivity index (χ4v) is 6.28. The Balaban J connectivity index is 1.77. The summed E-state index contributed by atoms with van der Waals surface area (Å²) in [5.41, 5.74) is -1.41. The Morgan fingerprint density at radius 2 is 1.71 bits per heavy atom. The van der Waals surface area contributed by atoms with Crippen LogP contribution in [-0.4, -0.2) is 31.4 Å². The van der Waals surface area contributed by atoms with Crippen molar-refractivity contribution >= 4 is 17.4 Å². The molecule has 0 aromatic heterocycles. The standard InChI is InChI=1S/C22H20F6N2S/c23-21(24,25)15-3-1-4-16(22(26,27)28)19(15)12-9-13-14-11-29-6-5-17(14)30-7-2-8-31-18(10-12)20(13)30/h1,3-4,9-10,14,17,29H,2,5-8,11H2/t14-,17-/m0/s1. The van der Waals surface area contributed by atoms with Crippen molar-refractivity contribution in [3.8, 4) is 11.1 Å². The molecule has 0 saturated carbocycles. The SMILES string of the molecule is FC(F)(F)c1cccc(C(F)(F)F)c1-c1cc2c3c(c1)[C@@H]1CNCC[C@@H]1N3CCCS2. The van der Waals surface area contributed by atoms with E-state index in [9.17, 15) is 26.3 Å². The molecular weight excluding hydrogens is 438 g/mol. The van der Waals surface area contributed by atoms with Crippen molar-refractivity contribution in [2.75, 3.05) is 30.3 Å². The molecule has 0 spiro atoms. The number of piperidine rings is 1. The van der Waals surface area contributed by atoms with Gasteiger partial charge in [0.1, 0.15) is 0 Å². The number of alkyl halides is 6. The summed E-state index contributed by atoms with van der Waals surface area (Å²) in [7, 11) is 0. The Morgan fingerprint density at radius 1 is 1.00 bits per heavy atom. The van der Waals surface area contributed by atoms with Crippen LogP contribution in [0.5, 0.6) is 0 Å². The Bertz CT molecular complexity index is 984. The fraction of sp³-hybridized carbons (Fsp3) is 0.455. The first-order valence-corrected chi connectivity index (χ1v) is 11.2. The number of anilines is 1. The molecule has 1 fully saturated rings. The molecule has 0 aliphatic carbocycles. The van der Waals surface area contributed by atoms with Crippen LogP contribution in [0.3, 0.4) is 0 Å². The largest absolute Gasteiger partial charge is 0.417 e. The summed E-state index contributed by atoms with van der Waals surface area (Å²) in [5, 5.41) is 3.33. The maximum Gasteiger partial charge on any atom is 0.417 e. The molecule has 5 rings (SSSR count). The molecule has 2 nitrogen and oxygen atoms in total. The highest BCUT2D eigenvalue weighted by molar-refractivity contribution is 7.99. The van der Waals surface area contributed by atoms with Crippen LogP contribution in [0.25, 0.3) is 11.1 Å². The number of hydrogen-bond donors (Lipinski definition) is 1. The number of benzene rings is 2. The molecule has 2 aromatic rings. The van der Waals surface area contributed by atoms with Gasteiger partial charge >= 0.3 is 12.4 Å². The normalized spacial score (nSPS) is 23.4. The molecule has 1 saturated heterocycles. The van der Waals surface area contributed by atoms with Gasteiger partial charge in [0.25, 0.3) is 0 Å². The molecule has 2 atom stereocenters. The summed E-state index contributed by atoms with van der Waals surface area (Å²) in [6.45, 7) is 2.39. The molecule has 3 aliphatic heterocycles. The monoisotopic (exact) mass is 458 g/mol. The lowest BCUT2D eigenvalue weighted by Crippen LogP contribution is -2.44. The second-order valence-corrected chi connectivity index (χ2v) is 9.33. The predicted octanol–water partition coefficient (Wildman–Crippen LogP) is 6.15. The quantitative estimate of drug-likeness (QED) is 0.516. The van der Waals surface area contributed by atoms with Gasteiger partial charge < -0.3 is 10.2 Å². The minimum atomic E-state index is -4.89. The predicted molar refractivity (Wildman–Crippen MR) is 109 cm³/mol. The highest BCUT2D eigenvalue weighted by atomic mass is 32.2. The van der Waals surface area contributed by atoms with Gasteiger partial charge in [0.2, 0.25) is 0 Å². The van der Waals surface area contributed by atoms with Gasteiger partial charge in [0, 0.05) is 35.5 Å². The first kappa shape index (κ1) is 21.0. The van der Waals surface area contributed by atoms with Crippen LogP contribution < -0.4 is 10.2 Å². The summed E-state index contributed by atoms with van der Waals surface area (Å²) in [4.78, 5) is 3.12. The summed E-state index contributed by atoms with van der Waals surface area (Å²) in [6.07, 6.45) is -7.95. The lowest BCUT2D eigenvalue weighted by atomic mass is 9.87. The zero-order chi connectivity index (χ0) is 22.0. The number of halogens is 6. The first-order valence-electron chi connectivity index (χ1n) is 10.2. The molecule has 0 unspecified atom stereocenters. The number of nitrogens with one attached hydrogen (secondary N) is 1. The summed E-state index contributed by atoms with van der Waals surface area (Å²) < 4.78 is 82.6. The minimum absolute atomic E-state index is 0.00502. The van der Waals surface area contributed by atoms with Crippen LogP contribution in [0.15, 0.2) is 35.2 Å². The maximum absolute atomic E-state index is 13.8. The third-order valence-corrected chi connectivity index (χ3v) is 7.52. The van der Waals surface area contributed by atoms with E-state index in [1.165, 1.54) is 17.8 Å². The van der Waals surface area contributed by atoms with E-state index < -0.39 is 29.0 Å². The lowest BCUT2D eigenvalue weighted by molar-refractivity contribution is -0.142. The Labute approximate surface area is 180 Å². The summed E-state index contributed by atoms with van der Waals surface area (Å²) in [6, 6.07) is 5.65. The van der Waals surface area contributed by atoms with Crippen LogP contribution >= 0.6 is 11.8 Å². The molecular formula is C22H20F6N2S. The maximum atomic E-state index is 13.8. The smallest absolute Gasteiger partial charge is 0.367 e. The third-order valence-electron chi connectivity index (χ3n) is 6.40. The molecule has 2 aromatic carbocycles. The van der Waals surface area contributed by atoms with E-state index in [4.69, 9.17) is 0 Å². The molecule has 0 radical (unpaired) electrons. The summed E-state index contributed by atoms with van der Waals surface area (Å²) in [5.74, 6) is 0.850. The Hall–Kier alpha value is -1.87. The highest BCUT2D eigenvalue weighted by Crippen LogP contribution is 2.53. The van der Waals surface area contributed by atoms with E-state index >= 15 is 0 Å². The summed E-state index contributed by atoms with van der Waals surface area (Å²) >= 11 is 1.52. The van der Waals surface area contributed by atoms with Crippen molar-refractivity contribution in [3.05, 3.63) is 47.0 Å². The number of nitrogens with zero attached hydrogens (tertiary/aromatic N) is 1. The van der Waals surface area contributed by atoms with E-state index in [2.05, 4.69) is 10.2 Å². The van der Waals surface area contributed by atoms with E-state index in [0.29, 0.717) is 6.54 Å². The zero-order valence-corrected chi connectivity index (χ0v) is 17.2. The Morgan fingerprint density at radius 3 is 2.39 bits per heavy atom. The van der Waals surface area contributed by atoms with Crippen molar-refractivity contribution < 1.29 is 26.3 Å². The number of hydrogen-bond acceptors (Lipinski definition) is 3. The molecule has 0 bridgehead atoms. The van der Waals surface area contributed by atoms with E-state index in [0.717, 1.165) is 66.0 Å². The van der Waals surface area contributed by atoms with Gasteiger partial charge in [0.05, 0.1) is 16.8 Å². The first-order chi connectivity index (χ1) is 14.7. The van der Waals surface area contributed by atoms with Crippen molar-refractivity contribution in [2.45, 2.75) is 42.0 Å². The number of rotatable bonds is 1. The minimum Gasteiger partial charge on any atom is -0.367 e. The number of fused-ring (bicyclic) bond motifs is 3. The zero-order valence-electron chi connectivity index (χ0n) is 16.4. The average molecular weight is 458 g/mol. The lowest BCUT2D eigenvalue weighted by Gasteiger charge is -2.33. The van der Waals surface area contributed by atoms with Crippen molar-refractivity contribution in [1.29, 1.82) is 0 Å². The van der Waals surface area contributed by atoms with Crippen molar-refractivity contribution in [3.63, 3.8) is 0 Å². The van der Waals surface area contributed by atoms with Crippen LogP contribution in [-0.2, 0) is 12.4 Å². The fourth-order valence-electron chi connectivity index (χ4n) is 5.21. The van der Waals surface area contributed by atoms with Gasteiger partial charge in [-0.3, -0.25) is 0 Å². The van der Waals surface area contributed by atoms with Crippen LogP contribution in [0.2, 0.25) is 0 Å². The van der Waals surface area contributed by atoms with Crippen molar-refractivity contribution in [2.24, 2.45) is 0 Å². The molecule has 0 amide bonds. The number of thioether (sulfide) groups is 1. The molecule has 31 heavy (non-hydrogen) atoms. The van der Waals surface area contributed by atoms with Gasteiger partial charge in [-0.1, -0.05) is 6.07 Å². The van der Waals surface area contributed by atoms with Gasteiger partial charge in [-0.25, -0.2) is 0 Å². The van der Waals surface area contributed by atoms with E-state index in [-0.39, 0.29) is 17.5 Å². The Kier molecular flexibility index (Phi) is 4.97. The van der Waals surface area contributed by atoms with Crippen molar-refractivity contribution in [1.82, 2.24) is 5.32 Å². The molecule has 9 heteroatoms. The van der Waals surface area contributed by atoms with Gasteiger partial charge in [-0.2, -0.15) is 26.3 Å². The third kappa shape index (κ3) is 3.50. The highest BCUT2D eigenvalue weighted by Gasteiger charge is 2.44. The molecule has 166 valence electrons. The van der Waals surface area contributed by atoms with E-state index in [1.54, 1.807) is 6.07 Å². The molecule has 3 aliphatic rings. The average Bonchev–Trinajstić information content (AvgIpc) is 2.87. The molecule has 1 N–H and O–H groups in total. The topological polar surface area (TPSA) is 15.3 Å². The second-order valence-electron chi connectivity index (χ2n) is 8.20. The van der Waals surface area contributed by atoms with Gasteiger partial charge in [0.15, 0.2) is 0 Å². The van der Waals surface area contributed by atoms with Gasteiger partial charge in [-0.05, 0) is 60.5 Å².